The quantitative estimate of drug-likeness (QED) is 0.424. The molecule has 2 amide bonds. The van der Waals surface area contributed by atoms with E-state index in [1.807, 2.05) is 0 Å². The van der Waals surface area contributed by atoms with E-state index in [-0.39, 0.29) is 0 Å². The number of hydrazone groups is 1. The van der Waals surface area contributed by atoms with Gasteiger partial charge in [-0.3, -0.25) is 9.59 Å². The van der Waals surface area contributed by atoms with Crippen LogP contribution in [0, 0.1) is 0 Å². The lowest BCUT2D eigenvalue weighted by Crippen LogP contribution is -2.32. The number of nitrogens with one attached hydrogen (secondary N) is 2. The van der Waals surface area contributed by atoms with Crippen LogP contribution in [-0.2, 0) is 9.59 Å². The van der Waals surface area contributed by atoms with Crippen LogP contribution in [0.15, 0.2) is 46.0 Å². The van der Waals surface area contributed by atoms with Crippen LogP contribution in [0.4, 0.5) is 5.69 Å². The Labute approximate surface area is 163 Å². The number of carbonyl (C=O) groups is 2. The van der Waals surface area contributed by atoms with E-state index in [0.717, 1.165) is 0 Å². The first-order valence-electron chi connectivity index (χ1n) is 7.26. The lowest BCUT2D eigenvalue weighted by molar-refractivity contribution is -0.136. The minimum absolute atomic E-state index is 0.405. The molecule has 0 aliphatic rings. The molecule has 26 heavy (non-hydrogen) atoms. The maximum Gasteiger partial charge on any atom is 0.329 e. The molecule has 7 nitrogen and oxygen atoms in total. The number of hydrogen-bond acceptors (Lipinski definition) is 5. The topological polar surface area (TPSA) is 89.0 Å². The van der Waals surface area contributed by atoms with Crippen molar-refractivity contribution < 1.29 is 19.1 Å². The fraction of sp³-hybridized carbons (Fsp3) is 0.118. The highest BCUT2D eigenvalue weighted by Gasteiger charge is 2.13. The highest BCUT2D eigenvalue weighted by molar-refractivity contribution is 9.10. The number of ether oxygens (including phenoxy) is 2. The van der Waals surface area contributed by atoms with E-state index in [4.69, 9.17) is 21.1 Å². The van der Waals surface area contributed by atoms with Gasteiger partial charge >= 0.3 is 11.8 Å². The molecule has 0 heterocycles. The van der Waals surface area contributed by atoms with E-state index in [2.05, 4.69) is 31.8 Å². The number of rotatable bonds is 5. The van der Waals surface area contributed by atoms with Crippen LogP contribution in [0.5, 0.6) is 11.5 Å². The monoisotopic (exact) mass is 439 g/mol. The van der Waals surface area contributed by atoms with E-state index >= 15 is 0 Å². The molecule has 136 valence electrons. The normalized spacial score (nSPS) is 10.5. The van der Waals surface area contributed by atoms with Gasteiger partial charge in [0.05, 0.1) is 24.9 Å². The summed E-state index contributed by atoms with van der Waals surface area (Å²) in [5.41, 5.74) is 3.13. The van der Waals surface area contributed by atoms with Crippen molar-refractivity contribution in [2.75, 3.05) is 19.5 Å². The molecule has 0 bridgehead atoms. The standard InChI is InChI=1S/C17H15BrClN3O4/c1-25-14-8-15(26-2)13(18)6-10(14)9-20-22-17(24)16(23)21-12-5-3-4-11(19)7-12/h3-9H,1-2H3,(H,21,23)(H,22,24)/b20-9+. The van der Waals surface area contributed by atoms with Gasteiger partial charge in [0.25, 0.3) is 0 Å². The van der Waals surface area contributed by atoms with Crippen molar-refractivity contribution >= 4 is 51.2 Å². The first-order valence-corrected chi connectivity index (χ1v) is 8.43. The van der Waals surface area contributed by atoms with Crippen molar-refractivity contribution in [1.82, 2.24) is 5.43 Å². The SMILES string of the molecule is COc1cc(OC)c(/C=N/NC(=O)C(=O)Nc2cccc(Cl)c2)cc1Br. The maximum atomic E-state index is 11.8. The van der Waals surface area contributed by atoms with Crippen LogP contribution in [0.25, 0.3) is 0 Å². The number of halogens is 2. The van der Waals surface area contributed by atoms with Crippen LogP contribution in [0.1, 0.15) is 5.56 Å². The number of benzene rings is 2. The Morgan fingerprint density at radius 2 is 1.85 bits per heavy atom. The Hall–Kier alpha value is -2.58. The molecule has 0 unspecified atom stereocenters. The Morgan fingerprint density at radius 1 is 1.12 bits per heavy atom. The van der Waals surface area contributed by atoms with Gasteiger partial charge in [-0.05, 0) is 40.2 Å². The largest absolute Gasteiger partial charge is 0.496 e. The van der Waals surface area contributed by atoms with Crippen LogP contribution < -0.4 is 20.2 Å². The maximum absolute atomic E-state index is 11.8. The molecule has 0 saturated carbocycles. The van der Waals surface area contributed by atoms with Crippen LogP contribution in [-0.4, -0.2) is 32.2 Å². The van der Waals surface area contributed by atoms with E-state index in [9.17, 15) is 9.59 Å². The Balaban J connectivity index is 2.02. The summed E-state index contributed by atoms with van der Waals surface area (Å²) in [6, 6.07) is 9.82. The van der Waals surface area contributed by atoms with Gasteiger partial charge in [-0.1, -0.05) is 17.7 Å². The summed E-state index contributed by atoms with van der Waals surface area (Å²) < 4.78 is 11.1. The van der Waals surface area contributed by atoms with Gasteiger partial charge in [-0.2, -0.15) is 5.10 Å². The van der Waals surface area contributed by atoms with Crippen molar-refractivity contribution in [3.8, 4) is 11.5 Å². The van der Waals surface area contributed by atoms with Gasteiger partial charge in [0.15, 0.2) is 0 Å². The molecule has 0 aliphatic heterocycles. The fourth-order valence-electron chi connectivity index (χ4n) is 1.95. The summed E-state index contributed by atoms with van der Waals surface area (Å²) in [5.74, 6) is -0.713. The smallest absolute Gasteiger partial charge is 0.329 e. The summed E-state index contributed by atoms with van der Waals surface area (Å²) in [7, 11) is 3.03. The van der Waals surface area contributed by atoms with Gasteiger partial charge < -0.3 is 14.8 Å². The molecule has 0 atom stereocenters. The van der Waals surface area contributed by atoms with Crippen molar-refractivity contribution in [3.05, 3.63) is 51.5 Å². The minimum Gasteiger partial charge on any atom is -0.496 e. The number of nitrogens with zero attached hydrogens (tertiary/aromatic N) is 1. The van der Waals surface area contributed by atoms with E-state index in [1.54, 1.807) is 30.3 Å². The predicted molar refractivity (Wildman–Crippen MR) is 103 cm³/mol. The summed E-state index contributed by atoms with van der Waals surface area (Å²) in [5, 5.41) is 6.64. The Kier molecular flexibility index (Phi) is 6.99. The number of amides is 2. The van der Waals surface area contributed by atoms with Gasteiger partial charge in [0, 0.05) is 22.3 Å². The third kappa shape index (κ3) is 5.21. The predicted octanol–water partition coefficient (Wildman–Crippen LogP) is 3.21. The molecular formula is C17H15BrClN3O4. The van der Waals surface area contributed by atoms with E-state index < -0.39 is 11.8 Å². The zero-order valence-electron chi connectivity index (χ0n) is 13.9. The van der Waals surface area contributed by atoms with Crippen molar-refractivity contribution in [2.24, 2.45) is 5.10 Å². The van der Waals surface area contributed by atoms with Gasteiger partial charge in [0.1, 0.15) is 11.5 Å². The summed E-state index contributed by atoms with van der Waals surface area (Å²) >= 11 is 9.18. The molecule has 0 radical (unpaired) electrons. The van der Waals surface area contributed by atoms with Gasteiger partial charge in [0.2, 0.25) is 0 Å². The van der Waals surface area contributed by atoms with Crippen LogP contribution in [0.2, 0.25) is 5.02 Å². The molecule has 2 aromatic carbocycles. The highest BCUT2D eigenvalue weighted by Crippen LogP contribution is 2.31. The summed E-state index contributed by atoms with van der Waals surface area (Å²) in [4.78, 5) is 23.7. The highest BCUT2D eigenvalue weighted by atomic mass is 79.9. The molecule has 9 heteroatoms. The zero-order valence-corrected chi connectivity index (χ0v) is 16.2. The lowest BCUT2D eigenvalue weighted by atomic mass is 10.2. The second-order valence-corrected chi connectivity index (χ2v) is 6.18. The van der Waals surface area contributed by atoms with E-state index in [1.165, 1.54) is 26.5 Å². The Bertz CT molecular complexity index is 858. The summed E-state index contributed by atoms with van der Waals surface area (Å²) in [6.07, 6.45) is 1.35. The number of anilines is 1. The fourth-order valence-corrected chi connectivity index (χ4v) is 2.66. The molecule has 0 fully saturated rings. The molecule has 2 N–H and O–H groups in total. The number of carbonyl (C=O) groups excluding carboxylic acids is 2. The number of hydrogen-bond donors (Lipinski definition) is 2. The minimum atomic E-state index is -0.923. The van der Waals surface area contributed by atoms with Gasteiger partial charge in [-0.25, -0.2) is 5.43 Å². The van der Waals surface area contributed by atoms with Crippen LogP contribution in [0.3, 0.4) is 0 Å². The molecule has 0 saturated heterocycles. The first-order chi connectivity index (χ1) is 12.4. The summed E-state index contributed by atoms with van der Waals surface area (Å²) in [6.45, 7) is 0. The second-order valence-electron chi connectivity index (χ2n) is 4.89. The van der Waals surface area contributed by atoms with E-state index in [0.29, 0.717) is 32.2 Å². The third-order valence-electron chi connectivity index (χ3n) is 3.16. The average molecular weight is 441 g/mol. The average Bonchev–Trinajstić information content (AvgIpc) is 2.61. The third-order valence-corrected chi connectivity index (χ3v) is 4.02. The molecule has 0 spiro atoms. The second kappa shape index (κ2) is 9.21. The molecule has 2 aromatic rings. The first kappa shape index (κ1) is 19.7. The lowest BCUT2D eigenvalue weighted by Gasteiger charge is -2.09. The van der Waals surface area contributed by atoms with Crippen molar-refractivity contribution in [2.45, 2.75) is 0 Å². The van der Waals surface area contributed by atoms with Crippen LogP contribution >= 0.6 is 27.5 Å². The molecule has 0 aromatic heterocycles. The molecular weight excluding hydrogens is 426 g/mol. The Morgan fingerprint density at radius 3 is 2.50 bits per heavy atom. The molecule has 2 rings (SSSR count). The zero-order chi connectivity index (χ0) is 19.1. The van der Waals surface area contributed by atoms with Crippen molar-refractivity contribution in [3.63, 3.8) is 0 Å². The van der Waals surface area contributed by atoms with Crippen molar-refractivity contribution in [1.29, 1.82) is 0 Å². The van der Waals surface area contributed by atoms with Gasteiger partial charge in [-0.15, -0.1) is 0 Å². The molecule has 0 aliphatic carbocycles. The number of methoxy groups -OCH3 is 2.